The van der Waals surface area contributed by atoms with Gasteiger partial charge < -0.3 is 10.2 Å². The molecule has 0 spiro atoms. The van der Waals surface area contributed by atoms with E-state index in [1.807, 2.05) is 48.6 Å². The lowest BCUT2D eigenvalue weighted by atomic mass is 10.1. The Morgan fingerprint density at radius 2 is 1.04 bits per heavy atom. The van der Waals surface area contributed by atoms with Crippen LogP contribution >= 0.6 is 0 Å². The highest BCUT2D eigenvalue weighted by atomic mass is 16.3. The Morgan fingerprint density at radius 3 is 1.39 bits per heavy atom. The first-order valence-corrected chi connectivity index (χ1v) is 10.4. The van der Waals surface area contributed by atoms with Crippen LogP contribution in [0.3, 0.4) is 0 Å². The van der Waals surface area contributed by atoms with Crippen LogP contribution in [-0.4, -0.2) is 46.2 Å². The van der Waals surface area contributed by atoms with Crippen LogP contribution in [0.15, 0.2) is 36.4 Å². The molecule has 2 saturated heterocycles. The van der Waals surface area contributed by atoms with Gasteiger partial charge in [-0.1, -0.05) is 36.4 Å². The standard InChI is InChI=1S/C24H30N2O2/c27-23-15-19(7-9-21(23)17-25-11-1-2-12-25)5-6-20-8-10-22(24(28)16-20)18-26-13-3-4-14-26/h5-10,15-16,27-28H,1-4,11-14,17-18H2/b6-5+. The Balaban J connectivity index is 1.40. The van der Waals surface area contributed by atoms with Gasteiger partial charge in [0.05, 0.1) is 0 Å². The number of hydrogen-bond donors (Lipinski definition) is 2. The normalized spacial score (nSPS) is 18.4. The molecule has 28 heavy (non-hydrogen) atoms. The van der Waals surface area contributed by atoms with Gasteiger partial charge in [-0.05, 0) is 75.1 Å². The fraction of sp³-hybridized carbons (Fsp3) is 0.417. The summed E-state index contributed by atoms with van der Waals surface area (Å²) in [6, 6.07) is 11.8. The summed E-state index contributed by atoms with van der Waals surface area (Å²) in [6.45, 7) is 6.14. The van der Waals surface area contributed by atoms with Crippen LogP contribution < -0.4 is 0 Å². The molecular formula is C24H30N2O2. The lowest BCUT2D eigenvalue weighted by Crippen LogP contribution is -2.18. The zero-order chi connectivity index (χ0) is 19.3. The van der Waals surface area contributed by atoms with Crippen molar-refractivity contribution in [1.82, 2.24) is 9.80 Å². The second-order valence-electron chi connectivity index (χ2n) is 8.08. The summed E-state index contributed by atoms with van der Waals surface area (Å²) in [5.41, 5.74) is 3.90. The fourth-order valence-corrected chi connectivity index (χ4v) is 4.19. The van der Waals surface area contributed by atoms with Crippen LogP contribution in [0.4, 0.5) is 0 Å². The van der Waals surface area contributed by atoms with Crippen LogP contribution in [0.1, 0.15) is 47.9 Å². The Kier molecular flexibility index (Phi) is 5.98. The summed E-state index contributed by atoms with van der Waals surface area (Å²) in [5.74, 6) is 0.718. The van der Waals surface area contributed by atoms with Crippen LogP contribution in [0.25, 0.3) is 12.2 Å². The number of aromatic hydroxyl groups is 2. The second-order valence-corrected chi connectivity index (χ2v) is 8.08. The molecule has 0 bridgehead atoms. The lowest BCUT2D eigenvalue weighted by Gasteiger charge is -2.16. The van der Waals surface area contributed by atoms with Gasteiger partial charge in [0.15, 0.2) is 0 Å². The topological polar surface area (TPSA) is 46.9 Å². The van der Waals surface area contributed by atoms with Crippen molar-refractivity contribution in [2.24, 2.45) is 0 Å². The van der Waals surface area contributed by atoms with Gasteiger partial charge in [-0.3, -0.25) is 9.80 Å². The molecule has 4 rings (SSSR count). The number of likely N-dealkylation sites (tertiary alicyclic amines) is 2. The summed E-state index contributed by atoms with van der Waals surface area (Å²) >= 11 is 0. The number of phenolic OH excluding ortho intramolecular Hbond substituents is 2. The van der Waals surface area contributed by atoms with E-state index in [2.05, 4.69) is 9.80 Å². The number of rotatable bonds is 6. The van der Waals surface area contributed by atoms with E-state index in [1.165, 1.54) is 25.7 Å². The molecule has 2 aromatic carbocycles. The van der Waals surface area contributed by atoms with E-state index in [4.69, 9.17) is 0 Å². The molecule has 0 aliphatic carbocycles. The largest absolute Gasteiger partial charge is 0.508 e. The van der Waals surface area contributed by atoms with Gasteiger partial charge in [-0.25, -0.2) is 0 Å². The maximum Gasteiger partial charge on any atom is 0.120 e. The quantitative estimate of drug-likeness (QED) is 0.729. The predicted octanol–water partition coefficient (Wildman–Crippen LogP) is 4.46. The molecule has 2 aliphatic rings. The molecule has 0 aromatic heterocycles. The van der Waals surface area contributed by atoms with Gasteiger partial charge in [0.2, 0.25) is 0 Å². The van der Waals surface area contributed by atoms with Crippen molar-refractivity contribution in [1.29, 1.82) is 0 Å². The highest BCUT2D eigenvalue weighted by Crippen LogP contribution is 2.25. The van der Waals surface area contributed by atoms with E-state index < -0.39 is 0 Å². The molecule has 0 unspecified atom stereocenters. The van der Waals surface area contributed by atoms with Gasteiger partial charge in [0.25, 0.3) is 0 Å². The number of hydrogen-bond acceptors (Lipinski definition) is 4. The molecule has 2 N–H and O–H groups in total. The third kappa shape index (κ3) is 4.75. The summed E-state index contributed by atoms with van der Waals surface area (Å²) in [4.78, 5) is 4.77. The van der Waals surface area contributed by atoms with Crippen molar-refractivity contribution in [3.05, 3.63) is 58.7 Å². The van der Waals surface area contributed by atoms with Gasteiger partial charge in [0, 0.05) is 24.2 Å². The van der Waals surface area contributed by atoms with Crippen molar-refractivity contribution in [2.45, 2.75) is 38.8 Å². The van der Waals surface area contributed by atoms with Crippen LogP contribution in [0.5, 0.6) is 11.5 Å². The average Bonchev–Trinajstić information content (AvgIpc) is 3.38. The molecule has 2 aromatic rings. The first kappa shape index (κ1) is 19.0. The van der Waals surface area contributed by atoms with Crippen LogP contribution in [-0.2, 0) is 13.1 Å². The first-order chi connectivity index (χ1) is 13.7. The molecule has 0 saturated carbocycles. The van der Waals surface area contributed by atoms with Crippen LogP contribution in [0, 0.1) is 0 Å². The third-order valence-electron chi connectivity index (χ3n) is 5.87. The summed E-state index contributed by atoms with van der Waals surface area (Å²) in [7, 11) is 0. The number of nitrogens with zero attached hydrogens (tertiary/aromatic N) is 2. The Morgan fingerprint density at radius 1 is 0.643 bits per heavy atom. The van der Waals surface area contributed by atoms with Gasteiger partial charge in [-0.2, -0.15) is 0 Å². The smallest absolute Gasteiger partial charge is 0.120 e. The Hall–Kier alpha value is -2.30. The first-order valence-electron chi connectivity index (χ1n) is 10.4. The minimum atomic E-state index is 0.359. The van der Waals surface area contributed by atoms with Gasteiger partial charge in [0.1, 0.15) is 11.5 Å². The lowest BCUT2D eigenvalue weighted by molar-refractivity contribution is 0.324. The zero-order valence-electron chi connectivity index (χ0n) is 16.5. The average molecular weight is 379 g/mol. The van der Waals surface area contributed by atoms with E-state index in [-0.39, 0.29) is 0 Å². The summed E-state index contributed by atoms with van der Waals surface area (Å²) in [5, 5.41) is 20.7. The molecule has 2 aliphatic heterocycles. The van der Waals surface area contributed by atoms with Gasteiger partial charge >= 0.3 is 0 Å². The zero-order valence-corrected chi connectivity index (χ0v) is 16.5. The van der Waals surface area contributed by atoms with Crippen molar-refractivity contribution in [3.63, 3.8) is 0 Å². The second kappa shape index (κ2) is 8.80. The monoisotopic (exact) mass is 378 g/mol. The van der Waals surface area contributed by atoms with Crippen molar-refractivity contribution >= 4 is 12.2 Å². The molecule has 2 fully saturated rings. The third-order valence-corrected chi connectivity index (χ3v) is 5.87. The maximum absolute atomic E-state index is 10.4. The van der Waals surface area contributed by atoms with E-state index in [1.54, 1.807) is 0 Å². The van der Waals surface area contributed by atoms with E-state index in [9.17, 15) is 10.2 Å². The van der Waals surface area contributed by atoms with E-state index in [0.717, 1.165) is 61.5 Å². The van der Waals surface area contributed by atoms with Crippen molar-refractivity contribution < 1.29 is 10.2 Å². The van der Waals surface area contributed by atoms with Crippen LogP contribution in [0.2, 0.25) is 0 Å². The summed E-state index contributed by atoms with van der Waals surface area (Å²) in [6.07, 6.45) is 8.98. The highest BCUT2D eigenvalue weighted by molar-refractivity contribution is 5.71. The summed E-state index contributed by atoms with van der Waals surface area (Å²) < 4.78 is 0. The minimum absolute atomic E-state index is 0.359. The van der Waals surface area contributed by atoms with Crippen molar-refractivity contribution in [3.8, 4) is 11.5 Å². The Bertz CT molecular complexity index is 765. The highest BCUT2D eigenvalue weighted by Gasteiger charge is 2.14. The molecule has 4 heteroatoms. The van der Waals surface area contributed by atoms with Gasteiger partial charge in [-0.15, -0.1) is 0 Å². The Labute approximate surface area is 167 Å². The molecule has 4 nitrogen and oxygen atoms in total. The molecule has 2 heterocycles. The SMILES string of the molecule is Oc1cc(/C=C/c2ccc(CN3CCCC3)c(O)c2)ccc1CN1CCCC1. The molecule has 0 amide bonds. The van der Waals surface area contributed by atoms with E-state index >= 15 is 0 Å². The van der Waals surface area contributed by atoms with E-state index in [0.29, 0.717) is 11.5 Å². The molecule has 0 radical (unpaired) electrons. The maximum atomic E-state index is 10.4. The number of phenols is 2. The number of benzene rings is 2. The van der Waals surface area contributed by atoms with Crippen molar-refractivity contribution in [2.75, 3.05) is 26.2 Å². The predicted molar refractivity (Wildman–Crippen MR) is 114 cm³/mol. The fourth-order valence-electron chi connectivity index (χ4n) is 4.19. The molecule has 148 valence electrons. The molecular weight excluding hydrogens is 348 g/mol. The minimum Gasteiger partial charge on any atom is -0.508 e. The molecule has 0 atom stereocenters.